The molecule has 164 valence electrons. The summed E-state index contributed by atoms with van der Waals surface area (Å²) in [7, 11) is -2.14. The van der Waals surface area contributed by atoms with Crippen LogP contribution in [0.4, 0.5) is 5.69 Å². The predicted molar refractivity (Wildman–Crippen MR) is 119 cm³/mol. The summed E-state index contributed by atoms with van der Waals surface area (Å²) < 4.78 is 25.8. The van der Waals surface area contributed by atoms with Crippen molar-refractivity contribution in [1.29, 1.82) is 0 Å². The van der Waals surface area contributed by atoms with Crippen LogP contribution in [-0.2, 0) is 26.2 Å². The summed E-state index contributed by atoms with van der Waals surface area (Å²) in [6, 6.07) is 13.4. The number of nitrogens with one attached hydrogen (secondary N) is 2. The number of hydrogen-bond acceptors (Lipinski definition) is 5. The van der Waals surface area contributed by atoms with Gasteiger partial charge in [-0.05, 0) is 67.9 Å². The van der Waals surface area contributed by atoms with Crippen molar-refractivity contribution in [3.05, 3.63) is 65.7 Å². The molecule has 31 heavy (non-hydrogen) atoms. The number of nitrogens with zero attached hydrogens (tertiary/aromatic N) is 1. The maximum atomic E-state index is 12.3. The Morgan fingerprint density at radius 3 is 2.61 bits per heavy atom. The van der Waals surface area contributed by atoms with Crippen LogP contribution in [-0.4, -0.2) is 44.8 Å². The second kappa shape index (κ2) is 9.86. The van der Waals surface area contributed by atoms with Crippen molar-refractivity contribution >= 4 is 33.6 Å². The number of nitrogens with two attached hydrogens (primary N) is 1. The van der Waals surface area contributed by atoms with Crippen molar-refractivity contribution in [3.8, 4) is 0 Å². The van der Waals surface area contributed by atoms with Gasteiger partial charge in [-0.3, -0.25) is 14.5 Å². The molecule has 2 aromatic carbocycles. The lowest BCUT2D eigenvalue weighted by molar-refractivity contribution is -0.122. The molecule has 0 spiro atoms. The zero-order chi connectivity index (χ0) is 22.4. The highest BCUT2D eigenvalue weighted by atomic mass is 32.2. The minimum atomic E-state index is -3.49. The zero-order valence-corrected chi connectivity index (χ0v) is 18.1. The first-order valence-electron chi connectivity index (χ1n) is 9.93. The third kappa shape index (κ3) is 6.00. The van der Waals surface area contributed by atoms with Gasteiger partial charge in [-0.1, -0.05) is 24.3 Å². The topological polar surface area (TPSA) is 122 Å². The molecular formula is C22H26N4O4S. The van der Waals surface area contributed by atoms with Crippen LogP contribution in [0.5, 0.6) is 0 Å². The van der Waals surface area contributed by atoms with E-state index in [-0.39, 0.29) is 22.8 Å². The van der Waals surface area contributed by atoms with Crippen molar-refractivity contribution in [1.82, 2.24) is 9.62 Å². The number of carbonyl (C=O) groups excluding carboxylic acids is 2. The van der Waals surface area contributed by atoms with Crippen LogP contribution in [0.2, 0.25) is 0 Å². The highest BCUT2D eigenvalue weighted by molar-refractivity contribution is 7.89. The van der Waals surface area contributed by atoms with E-state index < -0.39 is 10.0 Å². The quantitative estimate of drug-likeness (QED) is 0.537. The molecule has 3 rings (SSSR count). The second-order valence-electron chi connectivity index (χ2n) is 7.33. The van der Waals surface area contributed by atoms with Gasteiger partial charge in [-0.15, -0.1) is 0 Å². The largest absolute Gasteiger partial charge is 0.368 e. The van der Waals surface area contributed by atoms with Crippen LogP contribution in [0, 0.1) is 0 Å². The van der Waals surface area contributed by atoms with E-state index in [4.69, 9.17) is 5.73 Å². The van der Waals surface area contributed by atoms with E-state index in [1.54, 1.807) is 24.3 Å². The molecule has 1 unspecified atom stereocenters. The Hall–Kier alpha value is -3.01. The first-order valence-corrected chi connectivity index (χ1v) is 11.4. The summed E-state index contributed by atoms with van der Waals surface area (Å²) in [6.45, 7) is 1.41. The molecular weight excluding hydrogens is 416 g/mol. The Labute approximate surface area is 182 Å². The van der Waals surface area contributed by atoms with Crippen molar-refractivity contribution in [2.75, 3.05) is 18.9 Å². The van der Waals surface area contributed by atoms with Crippen LogP contribution >= 0.6 is 0 Å². The SMILES string of the molecule is CNS(=O)(=O)c1ccc(/C=C/C(=O)Nc2cccc(CN3CCCC3C(N)=O)c2)cc1. The van der Waals surface area contributed by atoms with Crippen molar-refractivity contribution in [2.24, 2.45) is 5.73 Å². The lowest BCUT2D eigenvalue weighted by Gasteiger charge is -2.22. The molecule has 0 aliphatic carbocycles. The zero-order valence-electron chi connectivity index (χ0n) is 17.2. The average molecular weight is 443 g/mol. The first kappa shape index (κ1) is 22.7. The molecule has 8 nitrogen and oxygen atoms in total. The van der Waals surface area contributed by atoms with E-state index in [0.29, 0.717) is 17.8 Å². The Bertz CT molecular complexity index is 1080. The summed E-state index contributed by atoms with van der Waals surface area (Å²) in [5.74, 6) is -0.607. The van der Waals surface area contributed by atoms with E-state index >= 15 is 0 Å². The molecule has 4 N–H and O–H groups in total. The van der Waals surface area contributed by atoms with Crippen molar-refractivity contribution in [2.45, 2.75) is 30.3 Å². The molecule has 1 heterocycles. The molecule has 0 saturated carbocycles. The van der Waals surface area contributed by atoms with E-state index in [1.165, 1.54) is 25.3 Å². The molecule has 0 bridgehead atoms. The fourth-order valence-electron chi connectivity index (χ4n) is 3.55. The maximum absolute atomic E-state index is 12.3. The predicted octanol–water partition coefficient (Wildman–Crippen LogP) is 1.70. The average Bonchev–Trinajstić information content (AvgIpc) is 3.21. The molecule has 1 atom stereocenters. The summed E-state index contributed by atoms with van der Waals surface area (Å²) in [5.41, 5.74) is 7.81. The van der Waals surface area contributed by atoms with Crippen LogP contribution < -0.4 is 15.8 Å². The standard InChI is InChI=1S/C22H26N4O4S/c1-24-31(29,30)19-10-7-16(8-11-19)9-12-21(27)25-18-5-2-4-17(14-18)15-26-13-3-6-20(26)22(23)28/h2,4-5,7-12,14,20,24H,3,6,13,15H2,1H3,(H2,23,28)(H,25,27)/b12-9+. The highest BCUT2D eigenvalue weighted by Gasteiger charge is 2.28. The van der Waals surface area contributed by atoms with Gasteiger partial charge < -0.3 is 11.1 Å². The fourth-order valence-corrected chi connectivity index (χ4v) is 4.28. The molecule has 1 fully saturated rings. The minimum absolute atomic E-state index is 0.157. The Balaban J connectivity index is 1.60. The number of primary amides is 1. The monoisotopic (exact) mass is 442 g/mol. The van der Waals surface area contributed by atoms with E-state index in [2.05, 4.69) is 14.9 Å². The van der Waals surface area contributed by atoms with Gasteiger partial charge >= 0.3 is 0 Å². The number of anilines is 1. The summed E-state index contributed by atoms with van der Waals surface area (Å²) in [4.78, 5) is 26.1. The Morgan fingerprint density at radius 1 is 1.19 bits per heavy atom. The first-order chi connectivity index (χ1) is 14.8. The number of rotatable bonds is 8. The second-order valence-corrected chi connectivity index (χ2v) is 9.22. The fraction of sp³-hybridized carbons (Fsp3) is 0.273. The van der Waals surface area contributed by atoms with Gasteiger partial charge in [0.15, 0.2) is 0 Å². The number of sulfonamides is 1. The number of hydrogen-bond donors (Lipinski definition) is 3. The maximum Gasteiger partial charge on any atom is 0.248 e. The smallest absolute Gasteiger partial charge is 0.248 e. The lowest BCUT2D eigenvalue weighted by atomic mass is 10.1. The summed E-state index contributed by atoms with van der Waals surface area (Å²) >= 11 is 0. The van der Waals surface area contributed by atoms with Crippen LogP contribution in [0.25, 0.3) is 6.08 Å². The third-order valence-electron chi connectivity index (χ3n) is 5.16. The molecule has 0 radical (unpaired) electrons. The van der Waals surface area contributed by atoms with Crippen LogP contribution in [0.15, 0.2) is 59.5 Å². The Morgan fingerprint density at radius 2 is 1.94 bits per heavy atom. The van der Waals surface area contributed by atoms with E-state index in [0.717, 1.165) is 24.9 Å². The van der Waals surface area contributed by atoms with Crippen molar-refractivity contribution < 1.29 is 18.0 Å². The molecule has 9 heteroatoms. The van der Waals surface area contributed by atoms with Gasteiger partial charge in [0.1, 0.15) is 0 Å². The molecule has 1 aliphatic heterocycles. The van der Waals surface area contributed by atoms with Gasteiger partial charge in [0.05, 0.1) is 10.9 Å². The van der Waals surface area contributed by atoms with Gasteiger partial charge in [-0.25, -0.2) is 13.1 Å². The van der Waals surface area contributed by atoms with Crippen LogP contribution in [0.1, 0.15) is 24.0 Å². The molecule has 1 aliphatic rings. The lowest BCUT2D eigenvalue weighted by Crippen LogP contribution is -2.39. The molecule has 0 aromatic heterocycles. The molecule has 2 aromatic rings. The number of carbonyl (C=O) groups is 2. The summed E-state index contributed by atoms with van der Waals surface area (Å²) in [5, 5.41) is 2.81. The van der Waals surface area contributed by atoms with E-state index in [1.807, 2.05) is 18.2 Å². The highest BCUT2D eigenvalue weighted by Crippen LogP contribution is 2.21. The molecule has 1 saturated heterocycles. The van der Waals surface area contributed by atoms with Gasteiger partial charge in [-0.2, -0.15) is 0 Å². The van der Waals surface area contributed by atoms with Gasteiger partial charge in [0.2, 0.25) is 21.8 Å². The van der Waals surface area contributed by atoms with Gasteiger partial charge in [0.25, 0.3) is 0 Å². The van der Waals surface area contributed by atoms with Crippen molar-refractivity contribution in [3.63, 3.8) is 0 Å². The van der Waals surface area contributed by atoms with Crippen LogP contribution in [0.3, 0.4) is 0 Å². The Kier molecular flexibility index (Phi) is 7.21. The number of amides is 2. The van der Waals surface area contributed by atoms with E-state index in [9.17, 15) is 18.0 Å². The minimum Gasteiger partial charge on any atom is -0.368 e. The number of benzene rings is 2. The molecule has 2 amide bonds. The third-order valence-corrected chi connectivity index (χ3v) is 6.59. The normalized spacial score (nSPS) is 17.1. The number of likely N-dealkylation sites (tertiary alicyclic amines) is 1. The summed E-state index contributed by atoms with van der Waals surface area (Å²) in [6.07, 6.45) is 4.71. The van der Waals surface area contributed by atoms with Gasteiger partial charge in [0, 0.05) is 18.3 Å².